The summed E-state index contributed by atoms with van der Waals surface area (Å²) in [6.45, 7) is 4.22. The molecule has 2 saturated heterocycles. The predicted octanol–water partition coefficient (Wildman–Crippen LogP) is 1.19. The monoisotopic (exact) mass is 379 g/mol. The van der Waals surface area contributed by atoms with Gasteiger partial charge in [-0.05, 0) is 38.3 Å². The molecule has 6 nitrogen and oxygen atoms in total. The lowest BCUT2D eigenvalue weighted by atomic mass is 9.72. The first kappa shape index (κ1) is 19.3. The van der Waals surface area contributed by atoms with Crippen molar-refractivity contribution >= 4 is 15.9 Å². The number of piperidine rings is 1. The fourth-order valence-electron chi connectivity index (χ4n) is 4.19. The molecule has 2 aliphatic heterocycles. The van der Waals surface area contributed by atoms with Crippen LogP contribution in [0, 0.1) is 0 Å². The van der Waals surface area contributed by atoms with Crippen molar-refractivity contribution in [1.29, 1.82) is 0 Å². The highest BCUT2D eigenvalue weighted by molar-refractivity contribution is 7.89. The van der Waals surface area contributed by atoms with Gasteiger partial charge in [0.2, 0.25) is 15.9 Å². The minimum Gasteiger partial charge on any atom is -0.341 e. The van der Waals surface area contributed by atoms with Gasteiger partial charge in [-0.3, -0.25) is 4.79 Å². The Morgan fingerprint density at radius 1 is 1.27 bits per heavy atom. The Balaban J connectivity index is 1.89. The summed E-state index contributed by atoms with van der Waals surface area (Å²) in [5.74, 6) is 0.221. The first-order chi connectivity index (χ1) is 12.4. The van der Waals surface area contributed by atoms with Crippen LogP contribution in [0.25, 0.3) is 0 Å². The fourth-order valence-corrected chi connectivity index (χ4v) is 5.29. The second kappa shape index (κ2) is 7.66. The molecule has 0 spiro atoms. The average Bonchev–Trinajstić information content (AvgIpc) is 3.22. The number of carbonyl (C=O) groups is 1. The lowest BCUT2D eigenvalue weighted by molar-refractivity contribution is -0.139. The maximum atomic E-state index is 13.6. The largest absolute Gasteiger partial charge is 0.341 e. The van der Waals surface area contributed by atoms with Crippen LogP contribution in [0.3, 0.4) is 0 Å². The molecule has 7 heteroatoms. The molecule has 26 heavy (non-hydrogen) atoms. The molecule has 144 valence electrons. The van der Waals surface area contributed by atoms with Gasteiger partial charge in [-0.2, -0.15) is 0 Å². The van der Waals surface area contributed by atoms with E-state index in [-0.39, 0.29) is 17.7 Å². The maximum absolute atomic E-state index is 13.6. The highest BCUT2D eigenvalue weighted by Crippen LogP contribution is 2.38. The quantitative estimate of drug-likeness (QED) is 0.834. The van der Waals surface area contributed by atoms with E-state index >= 15 is 0 Å². The number of benzene rings is 1. The van der Waals surface area contributed by atoms with Crippen molar-refractivity contribution < 1.29 is 13.2 Å². The molecule has 1 N–H and O–H groups in total. The number of sulfonamides is 1. The number of amides is 1. The number of rotatable bonds is 5. The second-order valence-electron chi connectivity index (χ2n) is 7.31. The zero-order chi connectivity index (χ0) is 18.8. The molecular weight excluding hydrogens is 350 g/mol. The van der Waals surface area contributed by atoms with Crippen LogP contribution in [0.4, 0.5) is 0 Å². The van der Waals surface area contributed by atoms with Crippen molar-refractivity contribution in [3.05, 3.63) is 35.9 Å². The summed E-state index contributed by atoms with van der Waals surface area (Å²) >= 11 is 0. The molecule has 1 aromatic carbocycles. The molecule has 0 aromatic heterocycles. The minimum absolute atomic E-state index is 0.104. The molecule has 0 radical (unpaired) electrons. The SMILES string of the molecule is CCS(=O)(=O)N1CCC(C(=O)N(C)C2CCNC2)(c2ccccc2)CC1. The third-order valence-corrected chi connectivity index (χ3v) is 7.85. The van der Waals surface area contributed by atoms with Gasteiger partial charge in [0.1, 0.15) is 0 Å². The van der Waals surface area contributed by atoms with Crippen LogP contribution in [-0.4, -0.2) is 68.6 Å². The van der Waals surface area contributed by atoms with E-state index in [1.54, 1.807) is 11.2 Å². The lowest BCUT2D eigenvalue weighted by Crippen LogP contribution is -2.55. The van der Waals surface area contributed by atoms with Crippen molar-refractivity contribution in [3.63, 3.8) is 0 Å². The summed E-state index contributed by atoms with van der Waals surface area (Å²) < 4.78 is 26.0. The zero-order valence-corrected chi connectivity index (χ0v) is 16.5. The Bertz CT molecular complexity index is 722. The molecule has 2 fully saturated rings. The standard InChI is InChI=1S/C19H29N3O3S/c1-3-26(24,25)22-13-10-19(11-14-22,16-7-5-4-6-8-16)18(23)21(2)17-9-12-20-15-17/h4-8,17,20H,3,9-15H2,1-2H3. The van der Waals surface area contributed by atoms with Crippen LogP contribution < -0.4 is 5.32 Å². The van der Waals surface area contributed by atoms with Crippen LogP contribution in [0.5, 0.6) is 0 Å². The first-order valence-corrected chi connectivity index (χ1v) is 11.0. The first-order valence-electron chi connectivity index (χ1n) is 9.42. The molecular formula is C19H29N3O3S. The summed E-state index contributed by atoms with van der Waals surface area (Å²) in [6.07, 6.45) is 2.02. The smallest absolute Gasteiger partial charge is 0.233 e. The van der Waals surface area contributed by atoms with Gasteiger partial charge in [0.15, 0.2) is 0 Å². The number of hydrogen-bond acceptors (Lipinski definition) is 4. The van der Waals surface area contributed by atoms with Crippen LogP contribution in [-0.2, 0) is 20.2 Å². The van der Waals surface area contributed by atoms with Gasteiger partial charge in [0.25, 0.3) is 0 Å². The Morgan fingerprint density at radius 2 is 1.92 bits per heavy atom. The molecule has 3 rings (SSSR count). The van der Waals surface area contributed by atoms with Crippen LogP contribution in [0.1, 0.15) is 31.7 Å². The van der Waals surface area contributed by atoms with Crippen molar-refractivity contribution in [2.45, 2.75) is 37.6 Å². The van der Waals surface area contributed by atoms with E-state index in [2.05, 4.69) is 5.32 Å². The topological polar surface area (TPSA) is 69.7 Å². The normalized spacial score (nSPS) is 23.7. The number of nitrogens with zero attached hydrogens (tertiary/aromatic N) is 2. The Labute approximate surface area is 156 Å². The third-order valence-electron chi connectivity index (χ3n) is 5.97. The second-order valence-corrected chi connectivity index (χ2v) is 9.57. The molecule has 1 amide bonds. The molecule has 2 aliphatic rings. The average molecular weight is 380 g/mol. The summed E-state index contributed by atoms with van der Waals surface area (Å²) in [5, 5.41) is 3.32. The number of carbonyl (C=O) groups excluding carboxylic acids is 1. The van der Waals surface area contributed by atoms with E-state index in [0.29, 0.717) is 25.9 Å². The van der Waals surface area contributed by atoms with Gasteiger partial charge in [-0.25, -0.2) is 12.7 Å². The number of likely N-dealkylation sites (N-methyl/N-ethyl adjacent to an activating group) is 1. The summed E-state index contributed by atoms with van der Waals surface area (Å²) in [7, 11) is -1.33. The van der Waals surface area contributed by atoms with E-state index in [0.717, 1.165) is 25.1 Å². The Morgan fingerprint density at radius 3 is 2.46 bits per heavy atom. The van der Waals surface area contributed by atoms with E-state index in [1.165, 1.54) is 0 Å². The minimum atomic E-state index is -3.22. The highest BCUT2D eigenvalue weighted by Gasteiger charge is 2.47. The van der Waals surface area contributed by atoms with E-state index in [4.69, 9.17) is 0 Å². The summed E-state index contributed by atoms with van der Waals surface area (Å²) in [5.41, 5.74) is 0.356. The van der Waals surface area contributed by atoms with Crippen molar-refractivity contribution in [3.8, 4) is 0 Å². The van der Waals surface area contributed by atoms with Crippen LogP contribution in [0.2, 0.25) is 0 Å². The number of hydrogen-bond donors (Lipinski definition) is 1. The molecule has 0 saturated carbocycles. The lowest BCUT2D eigenvalue weighted by Gasteiger charge is -2.43. The van der Waals surface area contributed by atoms with E-state index in [9.17, 15) is 13.2 Å². The van der Waals surface area contributed by atoms with Gasteiger partial charge >= 0.3 is 0 Å². The molecule has 1 atom stereocenters. The van der Waals surface area contributed by atoms with Crippen LogP contribution in [0.15, 0.2) is 30.3 Å². The number of nitrogens with one attached hydrogen (secondary N) is 1. The highest BCUT2D eigenvalue weighted by atomic mass is 32.2. The van der Waals surface area contributed by atoms with Gasteiger partial charge in [0.05, 0.1) is 11.2 Å². The summed E-state index contributed by atoms with van der Waals surface area (Å²) in [4.78, 5) is 15.4. The van der Waals surface area contributed by atoms with Crippen LogP contribution >= 0.6 is 0 Å². The summed E-state index contributed by atoms with van der Waals surface area (Å²) in [6, 6.07) is 10.1. The molecule has 0 bridgehead atoms. The van der Waals surface area contributed by atoms with Gasteiger partial charge in [-0.15, -0.1) is 0 Å². The predicted molar refractivity (Wildman–Crippen MR) is 102 cm³/mol. The Hall–Kier alpha value is -1.44. The van der Waals surface area contributed by atoms with E-state index in [1.807, 2.05) is 42.3 Å². The van der Waals surface area contributed by atoms with Crippen molar-refractivity contribution in [2.24, 2.45) is 0 Å². The van der Waals surface area contributed by atoms with Gasteiger partial charge < -0.3 is 10.2 Å². The van der Waals surface area contributed by atoms with Gasteiger partial charge in [0, 0.05) is 32.7 Å². The zero-order valence-electron chi connectivity index (χ0n) is 15.6. The maximum Gasteiger partial charge on any atom is 0.233 e. The van der Waals surface area contributed by atoms with E-state index < -0.39 is 15.4 Å². The Kier molecular flexibility index (Phi) is 5.69. The van der Waals surface area contributed by atoms with Crippen molar-refractivity contribution in [2.75, 3.05) is 39.0 Å². The fraction of sp³-hybridized carbons (Fsp3) is 0.632. The molecule has 1 unspecified atom stereocenters. The molecule has 2 heterocycles. The molecule has 1 aromatic rings. The third kappa shape index (κ3) is 3.52. The van der Waals surface area contributed by atoms with Gasteiger partial charge in [-0.1, -0.05) is 30.3 Å². The van der Waals surface area contributed by atoms with Crippen molar-refractivity contribution in [1.82, 2.24) is 14.5 Å². The molecule has 0 aliphatic carbocycles.